The average Bonchev–Trinajstić information content (AvgIpc) is 3.01. The summed E-state index contributed by atoms with van der Waals surface area (Å²) in [5.74, 6) is 0.446. The third kappa shape index (κ3) is 3.91. The second-order valence-electron chi connectivity index (χ2n) is 5.74. The van der Waals surface area contributed by atoms with E-state index in [1.807, 2.05) is 31.2 Å². The number of nitrogens with one attached hydrogen (secondary N) is 1. The molecule has 0 bridgehead atoms. The first-order valence-corrected chi connectivity index (χ1v) is 8.34. The molecule has 5 nitrogen and oxygen atoms in total. The predicted molar refractivity (Wildman–Crippen MR) is 97.8 cm³/mol. The van der Waals surface area contributed by atoms with Gasteiger partial charge in [0.05, 0.1) is 6.21 Å². The summed E-state index contributed by atoms with van der Waals surface area (Å²) in [5.41, 5.74) is 4.08. The van der Waals surface area contributed by atoms with Crippen molar-refractivity contribution in [3.05, 3.63) is 65.7 Å². The molecule has 3 rings (SSSR count). The number of fused-ring (bicyclic) bond motifs is 1. The Morgan fingerprint density at radius 1 is 1.27 bits per heavy atom. The van der Waals surface area contributed by atoms with E-state index < -0.39 is 12.0 Å². The van der Waals surface area contributed by atoms with Crippen LogP contribution in [-0.4, -0.2) is 18.2 Å². The van der Waals surface area contributed by atoms with Crippen LogP contribution in [0.5, 0.6) is 5.75 Å². The molecule has 0 saturated carbocycles. The first-order valence-electron chi connectivity index (χ1n) is 8.34. The molecule has 134 valence electrons. The number of rotatable bonds is 6. The maximum absolute atomic E-state index is 12.9. The molecule has 1 heterocycles. The van der Waals surface area contributed by atoms with Crippen LogP contribution in [0.15, 0.2) is 58.0 Å². The van der Waals surface area contributed by atoms with Crippen molar-refractivity contribution in [3.8, 4) is 5.75 Å². The number of ether oxygens (including phenoxy) is 1. The van der Waals surface area contributed by atoms with Crippen molar-refractivity contribution in [1.29, 1.82) is 0 Å². The molecule has 0 aliphatic rings. The minimum Gasteiger partial charge on any atom is -0.481 e. The molecule has 1 atom stereocenters. The van der Waals surface area contributed by atoms with Gasteiger partial charge in [-0.15, -0.1) is 0 Å². The molecule has 0 saturated heterocycles. The Morgan fingerprint density at radius 2 is 2.00 bits per heavy atom. The summed E-state index contributed by atoms with van der Waals surface area (Å²) in [5, 5.41) is 4.97. The van der Waals surface area contributed by atoms with Crippen molar-refractivity contribution >= 4 is 23.1 Å². The predicted octanol–water partition coefficient (Wildman–Crippen LogP) is 4.05. The molecule has 0 spiro atoms. The summed E-state index contributed by atoms with van der Waals surface area (Å²) in [4.78, 5) is 12.1. The standard InChI is InChI=1S/C20H19FN2O3/c1-3-18-17(16-6-4-5-7-19(16)26-18)12-22-23-20(24)13(2)25-15-10-8-14(21)9-11-15/h4-13H,3H2,1-2H3,(H,23,24)/b22-12-/t13-/m1/s1. The van der Waals surface area contributed by atoms with Crippen LogP contribution in [0.25, 0.3) is 11.0 Å². The number of carbonyl (C=O) groups is 1. The van der Waals surface area contributed by atoms with Crippen LogP contribution >= 0.6 is 0 Å². The SMILES string of the molecule is CCc1oc2ccccc2c1/C=N\NC(=O)[C@@H](C)Oc1ccc(F)cc1. The Kier molecular flexibility index (Phi) is 5.31. The molecule has 0 aliphatic carbocycles. The largest absolute Gasteiger partial charge is 0.481 e. The van der Waals surface area contributed by atoms with Gasteiger partial charge in [-0.25, -0.2) is 9.82 Å². The molecule has 2 aromatic carbocycles. The summed E-state index contributed by atoms with van der Waals surface area (Å²) < 4.78 is 24.1. The summed E-state index contributed by atoms with van der Waals surface area (Å²) in [6.07, 6.45) is 1.52. The minimum absolute atomic E-state index is 0.363. The molecular weight excluding hydrogens is 335 g/mol. The molecule has 3 aromatic rings. The number of nitrogens with zero attached hydrogens (tertiary/aromatic N) is 1. The van der Waals surface area contributed by atoms with Crippen LogP contribution in [0.2, 0.25) is 0 Å². The summed E-state index contributed by atoms with van der Waals surface area (Å²) in [7, 11) is 0. The molecule has 0 fully saturated rings. The van der Waals surface area contributed by atoms with Crippen LogP contribution < -0.4 is 10.2 Å². The lowest BCUT2D eigenvalue weighted by Crippen LogP contribution is -2.33. The molecule has 1 aromatic heterocycles. The molecule has 1 N–H and O–H groups in total. The Balaban J connectivity index is 1.66. The van der Waals surface area contributed by atoms with Gasteiger partial charge >= 0.3 is 0 Å². The van der Waals surface area contributed by atoms with E-state index in [-0.39, 0.29) is 5.82 Å². The van der Waals surface area contributed by atoms with E-state index in [0.717, 1.165) is 22.3 Å². The van der Waals surface area contributed by atoms with Gasteiger partial charge in [-0.05, 0) is 37.3 Å². The van der Waals surface area contributed by atoms with Gasteiger partial charge in [0.1, 0.15) is 22.9 Å². The number of hydrogen-bond acceptors (Lipinski definition) is 4. The Morgan fingerprint density at radius 3 is 2.73 bits per heavy atom. The maximum atomic E-state index is 12.9. The van der Waals surface area contributed by atoms with Crippen LogP contribution in [0.4, 0.5) is 4.39 Å². The summed E-state index contributed by atoms with van der Waals surface area (Å²) >= 11 is 0. The van der Waals surface area contributed by atoms with Gasteiger partial charge in [0, 0.05) is 17.4 Å². The smallest absolute Gasteiger partial charge is 0.280 e. The van der Waals surface area contributed by atoms with Gasteiger partial charge in [0.15, 0.2) is 6.10 Å². The van der Waals surface area contributed by atoms with E-state index in [0.29, 0.717) is 12.2 Å². The normalized spacial score (nSPS) is 12.4. The van der Waals surface area contributed by atoms with E-state index in [4.69, 9.17) is 9.15 Å². The van der Waals surface area contributed by atoms with Crippen molar-refractivity contribution in [2.24, 2.45) is 5.10 Å². The van der Waals surface area contributed by atoms with Gasteiger partial charge in [-0.3, -0.25) is 4.79 Å². The van der Waals surface area contributed by atoms with Gasteiger partial charge < -0.3 is 9.15 Å². The van der Waals surface area contributed by atoms with Gasteiger partial charge in [-0.1, -0.05) is 25.1 Å². The lowest BCUT2D eigenvalue weighted by Gasteiger charge is -2.12. The highest BCUT2D eigenvalue weighted by Gasteiger charge is 2.15. The van der Waals surface area contributed by atoms with E-state index in [1.54, 1.807) is 13.1 Å². The van der Waals surface area contributed by atoms with Crippen molar-refractivity contribution in [2.45, 2.75) is 26.4 Å². The zero-order valence-electron chi connectivity index (χ0n) is 14.5. The maximum Gasteiger partial charge on any atom is 0.280 e. The fourth-order valence-corrected chi connectivity index (χ4v) is 2.54. The second kappa shape index (κ2) is 7.82. The quantitative estimate of drug-likeness (QED) is 0.536. The highest BCUT2D eigenvalue weighted by Crippen LogP contribution is 2.24. The zero-order valence-corrected chi connectivity index (χ0v) is 14.5. The fraction of sp³-hybridized carbons (Fsp3) is 0.200. The average molecular weight is 354 g/mol. The number of para-hydroxylation sites is 1. The van der Waals surface area contributed by atoms with Crippen LogP contribution in [0, 0.1) is 5.82 Å². The van der Waals surface area contributed by atoms with Crippen LogP contribution in [0.1, 0.15) is 25.2 Å². The van der Waals surface area contributed by atoms with Crippen molar-refractivity contribution < 1.29 is 18.3 Å². The molecule has 1 amide bonds. The highest BCUT2D eigenvalue weighted by molar-refractivity contribution is 5.99. The molecule has 0 aliphatic heterocycles. The van der Waals surface area contributed by atoms with E-state index >= 15 is 0 Å². The lowest BCUT2D eigenvalue weighted by molar-refractivity contribution is -0.127. The number of hydrazone groups is 1. The molecule has 26 heavy (non-hydrogen) atoms. The third-order valence-corrected chi connectivity index (χ3v) is 3.90. The molecule has 6 heteroatoms. The third-order valence-electron chi connectivity index (χ3n) is 3.90. The highest BCUT2D eigenvalue weighted by atomic mass is 19.1. The fourth-order valence-electron chi connectivity index (χ4n) is 2.54. The van der Waals surface area contributed by atoms with Crippen molar-refractivity contribution in [1.82, 2.24) is 5.43 Å². The topological polar surface area (TPSA) is 63.8 Å². The first-order chi connectivity index (χ1) is 12.6. The number of carbonyl (C=O) groups excluding carboxylic acids is 1. The van der Waals surface area contributed by atoms with Crippen molar-refractivity contribution in [2.75, 3.05) is 0 Å². The first kappa shape index (κ1) is 17.7. The van der Waals surface area contributed by atoms with Gasteiger partial charge in [-0.2, -0.15) is 5.10 Å². The number of aryl methyl sites for hydroxylation is 1. The minimum atomic E-state index is -0.774. The number of furan rings is 1. The number of amides is 1. The molecule has 0 radical (unpaired) electrons. The number of hydrogen-bond donors (Lipinski definition) is 1. The summed E-state index contributed by atoms with van der Waals surface area (Å²) in [6, 6.07) is 13.1. The number of halogens is 1. The van der Waals surface area contributed by atoms with Gasteiger partial charge in [0.25, 0.3) is 5.91 Å². The Labute approximate surface area is 150 Å². The van der Waals surface area contributed by atoms with Crippen LogP contribution in [0.3, 0.4) is 0 Å². The number of benzene rings is 2. The molecular formula is C20H19FN2O3. The van der Waals surface area contributed by atoms with Crippen molar-refractivity contribution in [3.63, 3.8) is 0 Å². The Hall–Kier alpha value is -3.15. The van der Waals surface area contributed by atoms with E-state index in [2.05, 4.69) is 10.5 Å². The Bertz CT molecular complexity index is 932. The molecule has 0 unspecified atom stereocenters. The monoisotopic (exact) mass is 354 g/mol. The summed E-state index contributed by atoms with van der Waals surface area (Å²) in [6.45, 7) is 3.59. The van der Waals surface area contributed by atoms with Crippen LogP contribution in [-0.2, 0) is 11.2 Å². The van der Waals surface area contributed by atoms with E-state index in [9.17, 15) is 9.18 Å². The van der Waals surface area contributed by atoms with Gasteiger partial charge in [0.2, 0.25) is 0 Å². The lowest BCUT2D eigenvalue weighted by atomic mass is 10.1. The zero-order chi connectivity index (χ0) is 18.5. The second-order valence-corrected chi connectivity index (χ2v) is 5.74. The van der Waals surface area contributed by atoms with E-state index in [1.165, 1.54) is 24.3 Å².